The van der Waals surface area contributed by atoms with Gasteiger partial charge in [0.2, 0.25) is 5.91 Å². The summed E-state index contributed by atoms with van der Waals surface area (Å²) in [6.45, 7) is 0.500. The number of ether oxygens (including phenoxy) is 1. The molecule has 0 atom stereocenters. The number of likely N-dealkylation sites (N-methyl/N-ethyl adjacent to an activating group) is 1. The van der Waals surface area contributed by atoms with Gasteiger partial charge in [0.15, 0.2) is 0 Å². The zero-order valence-corrected chi connectivity index (χ0v) is 15.5. The van der Waals surface area contributed by atoms with E-state index in [9.17, 15) is 9.59 Å². The van der Waals surface area contributed by atoms with Gasteiger partial charge in [-0.05, 0) is 36.2 Å². The smallest absolute Gasteiger partial charge is 0.265 e. The molecule has 3 rings (SSSR count). The van der Waals surface area contributed by atoms with E-state index in [0.29, 0.717) is 17.9 Å². The van der Waals surface area contributed by atoms with E-state index in [1.54, 1.807) is 19.1 Å². The summed E-state index contributed by atoms with van der Waals surface area (Å²) in [5, 5.41) is 2.84. The first-order valence-electron chi connectivity index (χ1n) is 8.26. The number of benzene rings is 2. The third kappa shape index (κ3) is 4.08. The molecule has 2 aromatic carbocycles. The summed E-state index contributed by atoms with van der Waals surface area (Å²) in [5.41, 5.74) is 1.97. The standard InChI is InChI=1S/C20H20N2O3S/c1-22-16-5-3-4-6-17(16)26-18(20(22)24)13-19(23)21-12-11-14-7-9-15(25-2)10-8-14/h3-10,13H,11-12H2,1-2H3,(H,21,23). The van der Waals surface area contributed by atoms with E-state index in [-0.39, 0.29) is 11.8 Å². The summed E-state index contributed by atoms with van der Waals surface area (Å²) in [4.78, 5) is 27.6. The molecule has 0 radical (unpaired) electrons. The maximum atomic E-state index is 12.4. The molecule has 1 heterocycles. The van der Waals surface area contributed by atoms with E-state index in [4.69, 9.17) is 4.74 Å². The van der Waals surface area contributed by atoms with Crippen LogP contribution in [0, 0.1) is 0 Å². The van der Waals surface area contributed by atoms with Crippen molar-refractivity contribution >= 4 is 29.3 Å². The van der Waals surface area contributed by atoms with Crippen LogP contribution in [0.5, 0.6) is 5.75 Å². The molecule has 0 saturated carbocycles. The summed E-state index contributed by atoms with van der Waals surface area (Å²) < 4.78 is 5.12. The predicted molar refractivity (Wildman–Crippen MR) is 103 cm³/mol. The molecule has 5 nitrogen and oxygen atoms in total. The van der Waals surface area contributed by atoms with E-state index in [0.717, 1.165) is 21.9 Å². The van der Waals surface area contributed by atoms with Crippen molar-refractivity contribution in [1.29, 1.82) is 0 Å². The Labute approximate surface area is 157 Å². The molecule has 2 aromatic rings. The largest absolute Gasteiger partial charge is 0.497 e. The molecule has 1 aliphatic heterocycles. The van der Waals surface area contributed by atoms with Crippen LogP contribution in [-0.2, 0) is 16.0 Å². The predicted octanol–water partition coefficient (Wildman–Crippen LogP) is 3.01. The molecule has 6 heteroatoms. The zero-order chi connectivity index (χ0) is 18.5. The minimum atomic E-state index is -0.262. The van der Waals surface area contributed by atoms with Crippen LogP contribution in [0.25, 0.3) is 0 Å². The maximum absolute atomic E-state index is 12.4. The lowest BCUT2D eigenvalue weighted by molar-refractivity contribution is -0.117. The molecule has 0 fully saturated rings. The van der Waals surface area contributed by atoms with Gasteiger partial charge in [-0.25, -0.2) is 0 Å². The Balaban J connectivity index is 1.59. The molecular formula is C20H20N2O3S. The van der Waals surface area contributed by atoms with Crippen LogP contribution in [0.4, 0.5) is 5.69 Å². The number of anilines is 1. The maximum Gasteiger partial charge on any atom is 0.265 e. The third-order valence-electron chi connectivity index (χ3n) is 4.10. The number of rotatable bonds is 5. The number of fused-ring (bicyclic) bond motifs is 1. The van der Waals surface area contributed by atoms with Crippen molar-refractivity contribution in [2.45, 2.75) is 11.3 Å². The number of carbonyl (C=O) groups excluding carboxylic acids is 2. The number of amides is 2. The molecule has 0 aromatic heterocycles. The normalized spacial score (nSPS) is 14.9. The van der Waals surface area contributed by atoms with Crippen molar-refractivity contribution in [3.05, 3.63) is 65.1 Å². The zero-order valence-electron chi connectivity index (χ0n) is 14.7. The number of carbonyl (C=O) groups is 2. The molecule has 1 N–H and O–H groups in total. The van der Waals surface area contributed by atoms with Gasteiger partial charge in [-0.3, -0.25) is 9.59 Å². The molecule has 0 spiro atoms. The van der Waals surface area contributed by atoms with Gasteiger partial charge in [-0.2, -0.15) is 0 Å². The fourth-order valence-electron chi connectivity index (χ4n) is 2.64. The molecular weight excluding hydrogens is 348 g/mol. The van der Waals surface area contributed by atoms with Crippen molar-refractivity contribution < 1.29 is 14.3 Å². The Morgan fingerprint density at radius 3 is 2.65 bits per heavy atom. The molecule has 2 amide bonds. The molecule has 0 saturated heterocycles. The van der Waals surface area contributed by atoms with Gasteiger partial charge < -0.3 is 15.0 Å². The number of thioether (sulfide) groups is 1. The Hall–Kier alpha value is -2.73. The number of hydrogen-bond donors (Lipinski definition) is 1. The van der Waals surface area contributed by atoms with Gasteiger partial charge >= 0.3 is 0 Å². The Bertz CT molecular complexity index is 846. The van der Waals surface area contributed by atoms with Gasteiger partial charge in [-0.1, -0.05) is 36.0 Å². The highest BCUT2D eigenvalue weighted by atomic mass is 32.2. The van der Waals surface area contributed by atoms with E-state index < -0.39 is 0 Å². The first-order chi connectivity index (χ1) is 12.6. The van der Waals surface area contributed by atoms with Crippen molar-refractivity contribution in [3.8, 4) is 5.75 Å². The van der Waals surface area contributed by atoms with Gasteiger partial charge in [-0.15, -0.1) is 0 Å². The topological polar surface area (TPSA) is 58.6 Å². The number of nitrogens with zero attached hydrogens (tertiary/aromatic N) is 1. The van der Waals surface area contributed by atoms with Crippen LogP contribution in [-0.4, -0.2) is 32.5 Å². The Morgan fingerprint density at radius 2 is 1.92 bits per heavy atom. The van der Waals surface area contributed by atoms with E-state index in [1.807, 2.05) is 48.5 Å². The Morgan fingerprint density at radius 1 is 1.19 bits per heavy atom. The van der Waals surface area contributed by atoms with E-state index in [1.165, 1.54) is 17.8 Å². The van der Waals surface area contributed by atoms with Crippen molar-refractivity contribution in [2.75, 3.05) is 25.6 Å². The second-order valence-corrected chi connectivity index (χ2v) is 6.92. The molecule has 0 unspecified atom stereocenters. The monoisotopic (exact) mass is 368 g/mol. The SMILES string of the molecule is COc1ccc(CCNC(=O)C=C2Sc3ccccc3N(C)C2=O)cc1. The summed E-state index contributed by atoms with van der Waals surface area (Å²) in [7, 11) is 3.35. The lowest BCUT2D eigenvalue weighted by Gasteiger charge is -2.26. The fourth-order valence-corrected chi connectivity index (χ4v) is 3.72. The molecule has 26 heavy (non-hydrogen) atoms. The van der Waals surface area contributed by atoms with Crippen LogP contribution in [0.2, 0.25) is 0 Å². The third-order valence-corrected chi connectivity index (χ3v) is 5.17. The minimum Gasteiger partial charge on any atom is -0.497 e. The number of para-hydroxylation sites is 1. The summed E-state index contributed by atoms with van der Waals surface area (Å²) >= 11 is 1.33. The average molecular weight is 368 g/mol. The molecule has 0 bridgehead atoms. The first kappa shape index (κ1) is 18.1. The van der Waals surface area contributed by atoms with Crippen LogP contribution in [0.1, 0.15) is 5.56 Å². The Kier molecular flexibility index (Phi) is 5.63. The lowest BCUT2D eigenvalue weighted by Crippen LogP contribution is -2.31. The second kappa shape index (κ2) is 8.10. The van der Waals surface area contributed by atoms with Crippen LogP contribution in [0.15, 0.2) is 64.4 Å². The van der Waals surface area contributed by atoms with Gasteiger partial charge in [0.25, 0.3) is 5.91 Å². The molecule has 1 aliphatic rings. The summed E-state index contributed by atoms with van der Waals surface area (Å²) in [6, 6.07) is 15.4. The highest BCUT2D eigenvalue weighted by Gasteiger charge is 2.26. The molecule has 134 valence electrons. The van der Waals surface area contributed by atoms with Crippen molar-refractivity contribution in [3.63, 3.8) is 0 Å². The number of methoxy groups -OCH3 is 1. The summed E-state index contributed by atoms with van der Waals surface area (Å²) in [6.07, 6.45) is 2.09. The van der Waals surface area contributed by atoms with Gasteiger partial charge in [0, 0.05) is 24.6 Å². The number of hydrogen-bond acceptors (Lipinski definition) is 4. The molecule has 0 aliphatic carbocycles. The second-order valence-electron chi connectivity index (χ2n) is 5.83. The highest BCUT2D eigenvalue weighted by molar-refractivity contribution is 8.04. The lowest BCUT2D eigenvalue weighted by atomic mass is 10.1. The van der Waals surface area contributed by atoms with Crippen molar-refractivity contribution in [2.24, 2.45) is 0 Å². The highest BCUT2D eigenvalue weighted by Crippen LogP contribution is 2.40. The fraction of sp³-hybridized carbons (Fsp3) is 0.200. The minimum absolute atomic E-state index is 0.168. The summed E-state index contributed by atoms with van der Waals surface area (Å²) in [5.74, 6) is 0.376. The van der Waals surface area contributed by atoms with Crippen LogP contribution in [0.3, 0.4) is 0 Å². The first-order valence-corrected chi connectivity index (χ1v) is 9.07. The quantitative estimate of drug-likeness (QED) is 0.825. The van der Waals surface area contributed by atoms with Gasteiger partial charge in [0.1, 0.15) is 5.75 Å². The van der Waals surface area contributed by atoms with Crippen LogP contribution >= 0.6 is 11.8 Å². The van der Waals surface area contributed by atoms with E-state index in [2.05, 4.69) is 5.32 Å². The average Bonchev–Trinajstić information content (AvgIpc) is 2.66. The van der Waals surface area contributed by atoms with Crippen LogP contribution < -0.4 is 15.0 Å². The number of nitrogens with one attached hydrogen (secondary N) is 1. The van der Waals surface area contributed by atoms with E-state index >= 15 is 0 Å². The van der Waals surface area contributed by atoms with Crippen molar-refractivity contribution in [1.82, 2.24) is 5.32 Å². The van der Waals surface area contributed by atoms with Gasteiger partial charge in [0.05, 0.1) is 17.7 Å².